The molecule has 3 N–H and O–H groups in total. The summed E-state index contributed by atoms with van der Waals surface area (Å²) in [5.74, 6) is -2.92. The van der Waals surface area contributed by atoms with E-state index in [1.807, 2.05) is 24.3 Å². The number of nitrogens with one attached hydrogen (secondary N) is 1. The van der Waals surface area contributed by atoms with Crippen LogP contribution in [0.2, 0.25) is 0 Å². The van der Waals surface area contributed by atoms with E-state index in [1.165, 1.54) is 0 Å². The highest BCUT2D eigenvalue weighted by Gasteiger charge is 2.16. The first-order valence-electron chi connectivity index (χ1n) is 4.84. The van der Waals surface area contributed by atoms with Crippen molar-refractivity contribution in [2.75, 3.05) is 0 Å². The molecular weight excluding hydrogens is 222 g/mol. The van der Waals surface area contributed by atoms with Crippen molar-refractivity contribution in [3.8, 4) is 0 Å². The number of fused-ring (bicyclic) bond motifs is 1. The van der Waals surface area contributed by atoms with E-state index in [2.05, 4.69) is 4.98 Å². The Labute approximate surface area is 96.0 Å². The minimum absolute atomic E-state index is 0.450. The van der Waals surface area contributed by atoms with Crippen molar-refractivity contribution in [3.63, 3.8) is 0 Å². The van der Waals surface area contributed by atoms with Crippen molar-refractivity contribution in [1.82, 2.24) is 4.98 Å². The maximum Gasteiger partial charge on any atom is 0.343 e. The van der Waals surface area contributed by atoms with Crippen LogP contribution in [0.5, 0.6) is 0 Å². The van der Waals surface area contributed by atoms with Crippen molar-refractivity contribution in [3.05, 3.63) is 41.6 Å². The summed E-state index contributed by atoms with van der Waals surface area (Å²) in [6, 6.07) is 9.06. The molecule has 0 saturated heterocycles. The molecule has 0 saturated carbocycles. The third-order valence-corrected chi connectivity index (χ3v) is 2.31. The standard InChI is InChI=1S/C12H9NO4/c14-11(15)9(12(16)17)6-8-5-7-3-1-2-4-10(7)13-8/h1-6,13H,(H,14,15)(H,16,17). The molecule has 0 amide bonds. The molecule has 5 nitrogen and oxygen atoms in total. The third kappa shape index (κ3) is 2.17. The van der Waals surface area contributed by atoms with Gasteiger partial charge < -0.3 is 15.2 Å². The molecule has 2 aromatic rings. The summed E-state index contributed by atoms with van der Waals surface area (Å²) in [7, 11) is 0. The lowest BCUT2D eigenvalue weighted by Gasteiger charge is -1.93. The van der Waals surface area contributed by atoms with Gasteiger partial charge in [-0.15, -0.1) is 0 Å². The van der Waals surface area contributed by atoms with Crippen molar-refractivity contribution in [1.29, 1.82) is 0 Å². The maximum absolute atomic E-state index is 10.7. The smallest absolute Gasteiger partial charge is 0.343 e. The highest BCUT2D eigenvalue weighted by atomic mass is 16.4. The molecule has 17 heavy (non-hydrogen) atoms. The molecular formula is C12H9NO4. The van der Waals surface area contributed by atoms with Crippen LogP contribution in [-0.2, 0) is 9.59 Å². The summed E-state index contributed by atoms with van der Waals surface area (Å²) in [5.41, 5.74) is 0.608. The lowest BCUT2D eigenvalue weighted by atomic mass is 10.2. The first kappa shape index (κ1) is 10.9. The van der Waals surface area contributed by atoms with E-state index in [-0.39, 0.29) is 0 Å². The Kier molecular flexibility index (Phi) is 2.66. The molecule has 1 aromatic carbocycles. The van der Waals surface area contributed by atoms with Crippen molar-refractivity contribution in [2.45, 2.75) is 0 Å². The number of aliphatic carboxylic acids is 2. The second-order valence-corrected chi connectivity index (χ2v) is 3.48. The Balaban J connectivity index is 2.49. The second kappa shape index (κ2) is 4.13. The molecule has 0 aliphatic carbocycles. The predicted molar refractivity (Wildman–Crippen MR) is 61.5 cm³/mol. The van der Waals surface area contributed by atoms with Gasteiger partial charge in [-0.3, -0.25) is 0 Å². The Bertz CT molecular complexity index is 575. The number of carbonyl (C=O) groups is 2. The van der Waals surface area contributed by atoms with Crippen LogP contribution < -0.4 is 0 Å². The third-order valence-electron chi connectivity index (χ3n) is 2.31. The molecule has 5 heteroatoms. The largest absolute Gasteiger partial charge is 0.477 e. The summed E-state index contributed by atoms with van der Waals surface area (Å²) in [4.78, 5) is 24.3. The summed E-state index contributed by atoms with van der Waals surface area (Å²) < 4.78 is 0. The highest BCUT2D eigenvalue weighted by molar-refractivity contribution is 6.16. The molecule has 0 bridgehead atoms. The van der Waals surface area contributed by atoms with Gasteiger partial charge in [0.25, 0.3) is 0 Å². The number of rotatable bonds is 3. The molecule has 0 fully saturated rings. The van der Waals surface area contributed by atoms with Crippen LogP contribution in [0.3, 0.4) is 0 Å². The molecule has 86 valence electrons. The normalized spacial score (nSPS) is 10.1. The van der Waals surface area contributed by atoms with E-state index in [0.29, 0.717) is 5.69 Å². The van der Waals surface area contributed by atoms with E-state index < -0.39 is 17.5 Å². The summed E-state index contributed by atoms with van der Waals surface area (Å²) in [6.45, 7) is 0. The minimum Gasteiger partial charge on any atom is -0.477 e. The Morgan fingerprint density at radius 3 is 2.35 bits per heavy atom. The number of carboxylic acid groups (broad SMARTS) is 2. The van der Waals surface area contributed by atoms with Gasteiger partial charge in [-0.25, -0.2) is 9.59 Å². The van der Waals surface area contributed by atoms with Gasteiger partial charge in [0.1, 0.15) is 5.57 Å². The van der Waals surface area contributed by atoms with Crippen molar-refractivity contribution >= 4 is 28.9 Å². The van der Waals surface area contributed by atoms with E-state index in [1.54, 1.807) is 6.07 Å². The molecule has 0 unspecified atom stereocenters. The zero-order valence-electron chi connectivity index (χ0n) is 8.68. The number of hydrogen-bond donors (Lipinski definition) is 3. The van der Waals surface area contributed by atoms with Gasteiger partial charge in [0.2, 0.25) is 0 Å². The zero-order valence-corrected chi connectivity index (χ0v) is 8.68. The summed E-state index contributed by atoms with van der Waals surface area (Å²) in [6.07, 6.45) is 1.10. The van der Waals surface area contributed by atoms with Crippen LogP contribution >= 0.6 is 0 Å². The average molecular weight is 231 g/mol. The van der Waals surface area contributed by atoms with E-state index >= 15 is 0 Å². The van der Waals surface area contributed by atoms with Crippen LogP contribution in [0.4, 0.5) is 0 Å². The second-order valence-electron chi connectivity index (χ2n) is 3.48. The Morgan fingerprint density at radius 1 is 1.12 bits per heavy atom. The van der Waals surface area contributed by atoms with Crippen LogP contribution in [0.15, 0.2) is 35.9 Å². The Morgan fingerprint density at radius 2 is 1.76 bits per heavy atom. The van der Waals surface area contributed by atoms with Crippen molar-refractivity contribution < 1.29 is 19.8 Å². The van der Waals surface area contributed by atoms with Crippen LogP contribution in [0.1, 0.15) is 5.69 Å². The first-order chi connectivity index (χ1) is 8.08. The van der Waals surface area contributed by atoms with Gasteiger partial charge in [0, 0.05) is 11.2 Å². The number of benzene rings is 1. The van der Waals surface area contributed by atoms with Gasteiger partial charge in [-0.2, -0.15) is 0 Å². The lowest BCUT2D eigenvalue weighted by Crippen LogP contribution is -2.10. The monoisotopic (exact) mass is 231 g/mol. The molecule has 0 aliphatic rings. The molecule has 1 aromatic heterocycles. The summed E-state index contributed by atoms with van der Waals surface area (Å²) >= 11 is 0. The fraction of sp³-hybridized carbons (Fsp3) is 0. The van der Waals surface area contributed by atoms with Gasteiger partial charge >= 0.3 is 11.9 Å². The SMILES string of the molecule is O=C(O)C(=Cc1cc2ccccc2[nH]1)C(=O)O. The average Bonchev–Trinajstić information content (AvgIpc) is 2.67. The van der Waals surface area contributed by atoms with Gasteiger partial charge in [-0.1, -0.05) is 18.2 Å². The molecule has 0 atom stereocenters. The Hall–Kier alpha value is -2.56. The van der Waals surface area contributed by atoms with E-state index in [4.69, 9.17) is 10.2 Å². The molecule has 0 aliphatic heterocycles. The van der Waals surface area contributed by atoms with Gasteiger partial charge in [0.05, 0.1) is 0 Å². The predicted octanol–water partition coefficient (Wildman–Crippen LogP) is 1.72. The van der Waals surface area contributed by atoms with Crippen LogP contribution in [0, 0.1) is 0 Å². The number of aromatic amines is 1. The van der Waals surface area contributed by atoms with Crippen molar-refractivity contribution in [2.24, 2.45) is 0 Å². The number of para-hydroxylation sites is 1. The summed E-state index contributed by atoms with van der Waals surface area (Å²) in [5, 5.41) is 18.3. The fourth-order valence-electron chi connectivity index (χ4n) is 1.54. The maximum atomic E-state index is 10.7. The lowest BCUT2D eigenvalue weighted by molar-refractivity contribution is -0.140. The molecule has 0 spiro atoms. The van der Waals surface area contributed by atoms with Crippen LogP contribution in [0.25, 0.3) is 17.0 Å². The fourth-order valence-corrected chi connectivity index (χ4v) is 1.54. The quantitative estimate of drug-likeness (QED) is 0.426. The number of carboxylic acids is 2. The topological polar surface area (TPSA) is 90.4 Å². The zero-order chi connectivity index (χ0) is 12.4. The molecule has 0 radical (unpaired) electrons. The van der Waals surface area contributed by atoms with E-state index in [9.17, 15) is 9.59 Å². The number of aromatic nitrogens is 1. The highest BCUT2D eigenvalue weighted by Crippen LogP contribution is 2.16. The number of hydrogen-bond acceptors (Lipinski definition) is 2. The van der Waals surface area contributed by atoms with Crippen LogP contribution in [-0.4, -0.2) is 27.1 Å². The van der Waals surface area contributed by atoms with Gasteiger partial charge in [-0.05, 0) is 23.6 Å². The molecule has 1 heterocycles. The first-order valence-corrected chi connectivity index (χ1v) is 4.84. The van der Waals surface area contributed by atoms with E-state index in [0.717, 1.165) is 17.0 Å². The molecule has 2 rings (SSSR count). The number of H-pyrrole nitrogens is 1. The minimum atomic E-state index is -1.46. The van der Waals surface area contributed by atoms with Gasteiger partial charge in [0.15, 0.2) is 0 Å².